The normalized spacial score (nSPS) is 24.4. The predicted molar refractivity (Wildman–Crippen MR) is 82.6 cm³/mol. The molecule has 116 valence electrons. The third kappa shape index (κ3) is 4.17. The van der Waals surface area contributed by atoms with Gasteiger partial charge in [-0.25, -0.2) is 4.79 Å². The van der Waals surface area contributed by atoms with Crippen molar-refractivity contribution in [1.82, 2.24) is 0 Å². The topological polar surface area (TPSA) is 44.8 Å². The maximum Gasteiger partial charge on any atom is 0.333 e. The standard InChI is InChI=1S/C15H28O4Si/c1-6-17-11-13(19-14(16)12(2)3)15(20(4)5)9-7-8-10-18-15/h13,20H,2,6-11H2,1,3-5H3. The molecule has 0 saturated carbocycles. The third-order valence-corrected chi connectivity index (χ3v) is 6.71. The van der Waals surface area contributed by atoms with Crippen molar-refractivity contribution < 1.29 is 19.0 Å². The molecule has 0 aromatic heterocycles. The first-order valence-corrected chi connectivity index (χ1v) is 10.4. The molecule has 0 bridgehead atoms. The summed E-state index contributed by atoms with van der Waals surface area (Å²) in [4.78, 5) is 11.9. The van der Waals surface area contributed by atoms with Gasteiger partial charge in [-0.2, -0.15) is 0 Å². The molecule has 0 radical (unpaired) electrons. The minimum Gasteiger partial charge on any atom is -0.454 e. The van der Waals surface area contributed by atoms with Crippen molar-refractivity contribution in [2.75, 3.05) is 19.8 Å². The van der Waals surface area contributed by atoms with E-state index >= 15 is 0 Å². The highest BCUT2D eigenvalue weighted by Crippen LogP contribution is 2.33. The lowest BCUT2D eigenvalue weighted by Crippen LogP contribution is -2.59. The summed E-state index contributed by atoms with van der Waals surface area (Å²) in [5.74, 6) is -0.349. The number of hydrogen-bond acceptors (Lipinski definition) is 4. The Hall–Kier alpha value is -0.653. The van der Waals surface area contributed by atoms with Crippen LogP contribution in [0.4, 0.5) is 0 Å². The molecular weight excluding hydrogens is 272 g/mol. The summed E-state index contributed by atoms with van der Waals surface area (Å²) in [6.07, 6.45) is 2.84. The first-order chi connectivity index (χ1) is 9.44. The van der Waals surface area contributed by atoms with Crippen LogP contribution in [-0.4, -0.2) is 45.9 Å². The first-order valence-electron chi connectivity index (χ1n) is 7.52. The number of esters is 1. The molecular formula is C15H28O4Si. The minimum atomic E-state index is -1.19. The molecule has 1 heterocycles. The summed E-state index contributed by atoms with van der Waals surface area (Å²) in [5, 5.41) is -0.307. The summed E-state index contributed by atoms with van der Waals surface area (Å²) < 4.78 is 17.3. The minimum absolute atomic E-state index is 0.307. The van der Waals surface area contributed by atoms with Crippen LogP contribution in [0.15, 0.2) is 12.2 Å². The van der Waals surface area contributed by atoms with E-state index in [0.717, 1.165) is 25.9 Å². The molecule has 1 aliphatic rings. The molecule has 0 aliphatic carbocycles. The molecule has 0 amide bonds. The SMILES string of the molecule is C=C(C)C(=O)OC(COCC)C1([SiH](C)C)CCCCO1. The van der Waals surface area contributed by atoms with Gasteiger partial charge in [0.25, 0.3) is 0 Å². The van der Waals surface area contributed by atoms with E-state index in [9.17, 15) is 4.79 Å². The largest absolute Gasteiger partial charge is 0.454 e. The van der Waals surface area contributed by atoms with Crippen LogP contribution < -0.4 is 0 Å². The van der Waals surface area contributed by atoms with E-state index in [1.165, 1.54) is 0 Å². The molecule has 0 N–H and O–H groups in total. The summed E-state index contributed by atoms with van der Waals surface area (Å²) in [6.45, 7) is 13.5. The van der Waals surface area contributed by atoms with E-state index in [-0.39, 0.29) is 17.3 Å². The van der Waals surface area contributed by atoms with Crippen LogP contribution in [-0.2, 0) is 19.0 Å². The number of carbonyl (C=O) groups excluding carboxylic acids is 1. The zero-order valence-corrected chi connectivity index (χ0v) is 14.4. The van der Waals surface area contributed by atoms with Gasteiger partial charge in [0, 0.05) is 18.8 Å². The summed E-state index contributed by atoms with van der Waals surface area (Å²) in [5.41, 5.74) is 0.419. The second-order valence-electron chi connectivity index (χ2n) is 5.75. The average Bonchev–Trinajstić information content (AvgIpc) is 2.43. The van der Waals surface area contributed by atoms with Crippen molar-refractivity contribution in [3.8, 4) is 0 Å². The van der Waals surface area contributed by atoms with Crippen LogP contribution in [0.3, 0.4) is 0 Å². The molecule has 1 rings (SSSR count). The zero-order chi connectivity index (χ0) is 15.2. The van der Waals surface area contributed by atoms with Gasteiger partial charge < -0.3 is 14.2 Å². The van der Waals surface area contributed by atoms with Crippen LogP contribution in [0.5, 0.6) is 0 Å². The van der Waals surface area contributed by atoms with Crippen LogP contribution in [0, 0.1) is 0 Å². The molecule has 20 heavy (non-hydrogen) atoms. The lowest BCUT2D eigenvalue weighted by atomic mass is 10.0. The number of carbonyl (C=O) groups is 1. The van der Waals surface area contributed by atoms with Crippen molar-refractivity contribution >= 4 is 14.8 Å². The molecule has 1 aliphatic heterocycles. The molecule has 4 nitrogen and oxygen atoms in total. The van der Waals surface area contributed by atoms with Crippen molar-refractivity contribution in [2.45, 2.75) is 57.5 Å². The fourth-order valence-corrected chi connectivity index (χ4v) is 4.79. The van der Waals surface area contributed by atoms with Gasteiger partial charge in [0.2, 0.25) is 0 Å². The number of ether oxygens (including phenoxy) is 3. The van der Waals surface area contributed by atoms with Gasteiger partial charge in [0.05, 0.1) is 20.6 Å². The van der Waals surface area contributed by atoms with Crippen molar-refractivity contribution in [2.24, 2.45) is 0 Å². The second-order valence-corrected chi connectivity index (χ2v) is 9.04. The van der Waals surface area contributed by atoms with Crippen molar-refractivity contribution in [3.63, 3.8) is 0 Å². The van der Waals surface area contributed by atoms with Gasteiger partial charge >= 0.3 is 5.97 Å². The van der Waals surface area contributed by atoms with Gasteiger partial charge in [-0.05, 0) is 33.1 Å². The van der Waals surface area contributed by atoms with Crippen LogP contribution in [0.1, 0.15) is 33.1 Å². The van der Waals surface area contributed by atoms with E-state index in [4.69, 9.17) is 14.2 Å². The number of rotatable bonds is 7. The van der Waals surface area contributed by atoms with Gasteiger partial charge in [-0.15, -0.1) is 0 Å². The predicted octanol–water partition coefficient (Wildman–Crippen LogP) is 2.48. The fourth-order valence-electron chi connectivity index (χ4n) is 2.65. The van der Waals surface area contributed by atoms with Crippen molar-refractivity contribution in [3.05, 3.63) is 12.2 Å². The van der Waals surface area contributed by atoms with Crippen molar-refractivity contribution in [1.29, 1.82) is 0 Å². The molecule has 2 atom stereocenters. The molecule has 0 aromatic rings. The highest BCUT2D eigenvalue weighted by atomic mass is 28.3. The Kier molecular flexibility index (Phi) is 6.92. The molecule has 5 heteroatoms. The van der Waals surface area contributed by atoms with Gasteiger partial charge in [-0.3, -0.25) is 0 Å². The van der Waals surface area contributed by atoms with E-state index in [1.54, 1.807) is 6.92 Å². The Morgan fingerprint density at radius 1 is 1.45 bits per heavy atom. The van der Waals surface area contributed by atoms with Crippen LogP contribution in [0.2, 0.25) is 13.1 Å². The first kappa shape index (κ1) is 17.4. The lowest BCUT2D eigenvalue weighted by molar-refractivity contribution is -0.170. The highest BCUT2D eigenvalue weighted by Gasteiger charge is 2.46. The Labute approximate surface area is 124 Å². The van der Waals surface area contributed by atoms with E-state index < -0.39 is 8.80 Å². The third-order valence-electron chi connectivity index (χ3n) is 3.93. The van der Waals surface area contributed by atoms with Gasteiger partial charge in [-0.1, -0.05) is 19.7 Å². The fraction of sp³-hybridized carbons (Fsp3) is 0.800. The van der Waals surface area contributed by atoms with Gasteiger partial charge in [0.15, 0.2) is 6.10 Å². The molecule has 0 spiro atoms. The molecule has 1 saturated heterocycles. The Balaban J connectivity index is 2.91. The van der Waals surface area contributed by atoms with E-state index in [2.05, 4.69) is 19.7 Å². The van der Waals surface area contributed by atoms with E-state index in [0.29, 0.717) is 18.8 Å². The lowest BCUT2D eigenvalue weighted by Gasteiger charge is -2.45. The summed E-state index contributed by atoms with van der Waals surface area (Å²) in [7, 11) is -1.19. The molecule has 1 fully saturated rings. The maximum absolute atomic E-state index is 11.9. The summed E-state index contributed by atoms with van der Waals surface area (Å²) >= 11 is 0. The molecule has 2 unspecified atom stereocenters. The zero-order valence-electron chi connectivity index (χ0n) is 13.2. The Bertz CT molecular complexity index is 335. The average molecular weight is 300 g/mol. The quantitative estimate of drug-likeness (QED) is 0.412. The van der Waals surface area contributed by atoms with Gasteiger partial charge in [0.1, 0.15) is 0 Å². The Morgan fingerprint density at radius 2 is 2.15 bits per heavy atom. The smallest absolute Gasteiger partial charge is 0.333 e. The maximum atomic E-state index is 11.9. The number of hydrogen-bond donors (Lipinski definition) is 0. The van der Waals surface area contributed by atoms with Crippen LogP contribution in [0.25, 0.3) is 0 Å². The second kappa shape index (κ2) is 7.95. The summed E-state index contributed by atoms with van der Waals surface area (Å²) in [6, 6.07) is 0. The monoisotopic (exact) mass is 300 g/mol. The van der Waals surface area contributed by atoms with E-state index in [1.807, 2.05) is 6.92 Å². The highest BCUT2D eigenvalue weighted by molar-refractivity contribution is 6.59. The van der Waals surface area contributed by atoms with Crippen LogP contribution >= 0.6 is 0 Å². The Morgan fingerprint density at radius 3 is 2.60 bits per heavy atom. The molecule has 0 aromatic carbocycles.